The van der Waals surface area contributed by atoms with E-state index in [4.69, 9.17) is 0 Å². The van der Waals surface area contributed by atoms with Crippen LogP contribution in [0.25, 0.3) is 0 Å². The van der Waals surface area contributed by atoms with E-state index in [-0.39, 0.29) is 11.6 Å². The summed E-state index contributed by atoms with van der Waals surface area (Å²) >= 11 is 0. The van der Waals surface area contributed by atoms with Crippen LogP contribution in [0.1, 0.15) is 18.4 Å². The molecule has 0 radical (unpaired) electrons. The van der Waals surface area contributed by atoms with Crippen LogP contribution in [-0.4, -0.2) is 25.1 Å². The van der Waals surface area contributed by atoms with Crippen LogP contribution in [0.2, 0.25) is 0 Å². The normalized spacial score (nSPS) is 15.5. The van der Waals surface area contributed by atoms with Gasteiger partial charge in [-0.05, 0) is 25.0 Å². The van der Waals surface area contributed by atoms with Gasteiger partial charge in [0.25, 0.3) is 0 Å². The Balaban J connectivity index is 2.04. The van der Waals surface area contributed by atoms with E-state index in [0.29, 0.717) is 13.1 Å². The second kappa shape index (κ2) is 6.47. The zero-order valence-electron chi connectivity index (χ0n) is 11.1. The highest BCUT2D eigenvalue weighted by Crippen LogP contribution is 2.34. The third-order valence-electron chi connectivity index (χ3n) is 2.86. The first-order chi connectivity index (χ1) is 9.97. The number of hydrogen-bond acceptors (Lipinski definition) is 3. The molecule has 1 aliphatic heterocycles. The molecule has 1 aliphatic rings. The Bertz CT molecular complexity index is 542. The van der Waals surface area contributed by atoms with Crippen molar-refractivity contribution in [3.63, 3.8) is 0 Å². The van der Waals surface area contributed by atoms with E-state index in [1.165, 1.54) is 18.2 Å². The van der Waals surface area contributed by atoms with E-state index >= 15 is 0 Å². The summed E-state index contributed by atoms with van der Waals surface area (Å²) in [7, 11) is 0. The van der Waals surface area contributed by atoms with Gasteiger partial charge in [0.2, 0.25) is 0 Å². The van der Waals surface area contributed by atoms with Gasteiger partial charge in [0, 0.05) is 13.1 Å². The van der Waals surface area contributed by atoms with Crippen molar-refractivity contribution in [1.82, 2.24) is 10.6 Å². The highest BCUT2D eigenvalue weighted by atomic mass is 19.4. The average Bonchev–Trinajstić information content (AvgIpc) is 2.66. The van der Waals surface area contributed by atoms with Gasteiger partial charge < -0.3 is 10.6 Å². The molecule has 21 heavy (non-hydrogen) atoms. The van der Waals surface area contributed by atoms with Crippen molar-refractivity contribution in [2.24, 2.45) is 4.99 Å². The standard InChI is InChI=1S/C13H15F3N4O/c14-13(15,16)9-5-1-2-6-10(9)19-12(21)20-11-17-7-3-4-8-18-11/h1-2,5-6H,3-4,7-8H2,(H3,17,18,19,20,21). The van der Waals surface area contributed by atoms with Gasteiger partial charge in [0.15, 0.2) is 5.96 Å². The van der Waals surface area contributed by atoms with E-state index in [1.807, 2.05) is 0 Å². The van der Waals surface area contributed by atoms with E-state index < -0.39 is 17.8 Å². The molecule has 0 saturated heterocycles. The quantitative estimate of drug-likeness (QED) is 0.746. The number of urea groups is 1. The van der Waals surface area contributed by atoms with E-state index in [0.717, 1.165) is 18.9 Å². The third kappa shape index (κ3) is 4.37. The lowest BCUT2D eigenvalue weighted by molar-refractivity contribution is -0.136. The molecule has 2 amide bonds. The summed E-state index contributed by atoms with van der Waals surface area (Å²) in [5.74, 6) is 0.273. The minimum atomic E-state index is -4.53. The second-order valence-corrected chi connectivity index (χ2v) is 4.49. The summed E-state index contributed by atoms with van der Waals surface area (Å²) < 4.78 is 38.4. The number of para-hydroxylation sites is 1. The highest BCUT2D eigenvalue weighted by molar-refractivity contribution is 6.02. The molecule has 114 valence electrons. The summed E-state index contributed by atoms with van der Waals surface area (Å²) in [4.78, 5) is 15.8. The second-order valence-electron chi connectivity index (χ2n) is 4.49. The molecular formula is C13H15F3N4O. The molecule has 2 rings (SSSR count). The number of alkyl halides is 3. The Morgan fingerprint density at radius 1 is 1.19 bits per heavy atom. The predicted molar refractivity (Wildman–Crippen MR) is 73.1 cm³/mol. The van der Waals surface area contributed by atoms with Crippen LogP contribution < -0.4 is 16.0 Å². The number of halogens is 3. The Morgan fingerprint density at radius 2 is 1.95 bits per heavy atom. The summed E-state index contributed by atoms with van der Waals surface area (Å²) in [6, 6.07) is 4.04. The third-order valence-corrected chi connectivity index (χ3v) is 2.86. The Morgan fingerprint density at radius 3 is 2.71 bits per heavy atom. The number of carbonyl (C=O) groups is 1. The van der Waals surface area contributed by atoms with Crippen molar-refractivity contribution in [3.05, 3.63) is 29.8 Å². The number of nitrogens with zero attached hydrogens (tertiary/aromatic N) is 1. The van der Waals surface area contributed by atoms with Crippen molar-refractivity contribution < 1.29 is 18.0 Å². The van der Waals surface area contributed by atoms with Gasteiger partial charge in [-0.15, -0.1) is 0 Å². The van der Waals surface area contributed by atoms with Gasteiger partial charge in [0.1, 0.15) is 0 Å². The molecule has 0 spiro atoms. The van der Waals surface area contributed by atoms with Crippen molar-refractivity contribution in [1.29, 1.82) is 0 Å². The number of rotatable bonds is 1. The van der Waals surface area contributed by atoms with Gasteiger partial charge in [-0.2, -0.15) is 13.2 Å². The molecule has 5 nitrogen and oxygen atoms in total. The first-order valence-corrected chi connectivity index (χ1v) is 6.49. The van der Waals surface area contributed by atoms with Crippen molar-refractivity contribution >= 4 is 17.7 Å². The largest absolute Gasteiger partial charge is 0.418 e. The molecule has 0 aromatic heterocycles. The fourth-order valence-electron chi connectivity index (χ4n) is 1.87. The maximum absolute atomic E-state index is 12.8. The fraction of sp³-hybridized carbons (Fsp3) is 0.385. The van der Waals surface area contributed by atoms with E-state index in [9.17, 15) is 18.0 Å². The molecule has 0 saturated carbocycles. The lowest BCUT2D eigenvalue weighted by Gasteiger charge is -2.14. The molecule has 1 heterocycles. The van der Waals surface area contributed by atoms with E-state index in [1.54, 1.807) is 0 Å². The first-order valence-electron chi connectivity index (χ1n) is 6.49. The van der Waals surface area contributed by atoms with Gasteiger partial charge in [-0.1, -0.05) is 12.1 Å². The first kappa shape index (κ1) is 15.1. The van der Waals surface area contributed by atoms with Gasteiger partial charge in [0.05, 0.1) is 11.3 Å². The molecule has 0 atom stereocenters. The minimum absolute atomic E-state index is 0.273. The molecular weight excluding hydrogens is 285 g/mol. The van der Waals surface area contributed by atoms with Crippen LogP contribution >= 0.6 is 0 Å². The summed E-state index contributed by atoms with van der Waals surface area (Å²) in [5, 5.41) is 7.50. The van der Waals surface area contributed by atoms with Crippen LogP contribution in [0.3, 0.4) is 0 Å². The lowest BCUT2D eigenvalue weighted by Crippen LogP contribution is -2.43. The number of guanidine groups is 1. The summed E-state index contributed by atoms with van der Waals surface area (Å²) in [6.45, 7) is 1.24. The molecule has 8 heteroatoms. The maximum Gasteiger partial charge on any atom is 0.418 e. The number of anilines is 1. The average molecular weight is 300 g/mol. The summed E-state index contributed by atoms with van der Waals surface area (Å²) in [6.07, 6.45) is -2.70. The Hall–Kier alpha value is -2.25. The van der Waals surface area contributed by atoms with Gasteiger partial charge in [-0.3, -0.25) is 10.3 Å². The van der Waals surface area contributed by atoms with Crippen LogP contribution in [0.4, 0.5) is 23.7 Å². The highest BCUT2D eigenvalue weighted by Gasteiger charge is 2.33. The molecule has 0 bridgehead atoms. The molecule has 0 aliphatic carbocycles. The summed E-state index contributed by atoms with van der Waals surface area (Å²) in [5.41, 5.74) is -1.19. The van der Waals surface area contributed by atoms with Gasteiger partial charge in [-0.25, -0.2) is 4.79 Å². The number of benzene rings is 1. The number of amides is 2. The molecule has 3 N–H and O–H groups in total. The number of hydrogen-bond donors (Lipinski definition) is 3. The minimum Gasteiger partial charge on any atom is -0.356 e. The van der Waals surface area contributed by atoms with Crippen LogP contribution in [0.5, 0.6) is 0 Å². The molecule has 1 aromatic carbocycles. The Labute approximate surface area is 119 Å². The predicted octanol–water partition coefficient (Wildman–Crippen LogP) is 2.57. The number of aliphatic imine (C=N–C) groups is 1. The van der Waals surface area contributed by atoms with E-state index in [2.05, 4.69) is 20.9 Å². The number of nitrogens with one attached hydrogen (secondary N) is 3. The monoisotopic (exact) mass is 300 g/mol. The van der Waals surface area contributed by atoms with Crippen LogP contribution in [-0.2, 0) is 6.18 Å². The van der Waals surface area contributed by atoms with Gasteiger partial charge >= 0.3 is 12.2 Å². The molecule has 0 fully saturated rings. The van der Waals surface area contributed by atoms with Crippen LogP contribution in [0, 0.1) is 0 Å². The topological polar surface area (TPSA) is 65.5 Å². The van der Waals surface area contributed by atoms with Crippen molar-refractivity contribution in [2.75, 3.05) is 18.4 Å². The van der Waals surface area contributed by atoms with Crippen molar-refractivity contribution in [2.45, 2.75) is 19.0 Å². The van der Waals surface area contributed by atoms with Crippen LogP contribution in [0.15, 0.2) is 29.3 Å². The zero-order valence-corrected chi connectivity index (χ0v) is 11.1. The smallest absolute Gasteiger partial charge is 0.356 e. The molecule has 0 unspecified atom stereocenters. The zero-order chi connectivity index (χ0) is 15.3. The maximum atomic E-state index is 12.8. The Kier molecular flexibility index (Phi) is 4.66. The fourth-order valence-corrected chi connectivity index (χ4v) is 1.87. The SMILES string of the molecule is O=C(NC1=NCCCCN1)Nc1ccccc1C(F)(F)F. The number of carbonyl (C=O) groups excluding carboxylic acids is 1. The van der Waals surface area contributed by atoms with Crippen molar-refractivity contribution in [3.8, 4) is 0 Å². The molecule has 1 aromatic rings. The lowest BCUT2D eigenvalue weighted by atomic mass is 10.1.